The highest BCUT2D eigenvalue weighted by Gasteiger charge is 2.13. The van der Waals surface area contributed by atoms with Crippen LogP contribution in [0, 0.1) is 6.92 Å². The molecule has 0 aromatic heterocycles. The molecule has 0 fully saturated rings. The molecule has 0 aliphatic carbocycles. The Bertz CT molecular complexity index is 1340. The van der Waals surface area contributed by atoms with Crippen molar-refractivity contribution in [2.75, 3.05) is 25.6 Å². The highest BCUT2D eigenvalue weighted by atomic mass is 35.5. The minimum Gasteiger partial charge on any atom is -0.497 e. The summed E-state index contributed by atoms with van der Waals surface area (Å²) in [4.78, 5) is 36.5. The average molecular weight is 553 g/mol. The van der Waals surface area contributed by atoms with Crippen LogP contribution < -0.4 is 30.3 Å². The van der Waals surface area contributed by atoms with Gasteiger partial charge in [0.2, 0.25) is 0 Å². The van der Waals surface area contributed by atoms with Crippen LogP contribution in [0.1, 0.15) is 23.6 Å². The molecule has 3 aromatic rings. The molecule has 11 heteroatoms. The molecule has 0 saturated heterocycles. The lowest BCUT2D eigenvalue weighted by molar-refractivity contribution is -0.139. The summed E-state index contributed by atoms with van der Waals surface area (Å²) in [5, 5.41) is 9.63. The molecule has 39 heavy (non-hydrogen) atoms. The number of hydrazone groups is 1. The van der Waals surface area contributed by atoms with E-state index >= 15 is 0 Å². The Labute approximate surface area is 231 Å². The third kappa shape index (κ3) is 9.04. The third-order valence-corrected chi connectivity index (χ3v) is 5.53. The van der Waals surface area contributed by atoms with Crippen LogP contribution in [0.2, 0.25) is 5.02 Å². The van der Waals surface area contributed by atoms with Gasteiger partial charge >= 0.3 is 11.8 Å². The number of benzene rings is 3. The highest BCUT2D eigenvalue weighted by molar-refractivity contribution is 6.35. The minimum atomic E-state index is -0.911. The lowest BCUT2D eigenvalue weighted by atomic mass is 10.2. The number of anilines is 1. The molecule has 3 N–H and O–H groups in total. The number of ether oxygens (including phenoxy) is 3. The molecule has 204 valence electrons. The second kappa shape index (κ2) is 14.4. The van der Waals surface area contributed by atoms with E-state index in [1.165, 1.54) is 6.21 Å². The van der Waals surface area contributed by atoms with Crippen LogP contribution >= 0.6 is 11.6 Å². The summed E-state index contributed by atoms with van der Waals surface area (Å²) < 4.78 is 16.4. The Morgan fingerprint density at radius 2 is 1.72 bits per heavy atom. The predicted octanol–water partition coefficient (Wildman–Crippen LogP) is 3.84. The van der Waals surface area contributed by atoms with Gasteiger partial charge in [0.25, 0.3) is 5.91 Å². The SMILES string of the molecule is CCOc1cc(/C=N\NC(=O)C(=O)NCc2ccc(OC)cc2)ccc1OCC(=O)Nc1cc(Cl)ccc1C. The van der Waals surface area contributed by atoms with Crippen LogP contribution in [0.25, 0.3) is 0 Å². The second-order valence-corrected chi connectivity index (χ2v) is 8.60. The smallest absolute Gasteiger partial charge is 0.329 e. The van der Waals surface area contributed by atoms with Gasteiger partial charge in [-0.25, -0.2) is 5.43 Å². The van der Waals surface area contributed by atoms with E-state index in [0.29, 0.717) is 40.1 Å². The van der Waals surface area contributed by atoms with Gasteiger partial charge in [0, 0.05) is 17.3 Å². The maximum Gasteiger partial charge on any atom is 0.329 e. The molecule has 0 unspecified atom stereocenters. The Morgan fingerprint density at radius 1 is 0.949 bits per heavy atom. The van der Waals surface area contributed by atoms with Gasteiger partial charge in [-0.15, -0.1) is 0 Å². The van der Waals surface area contributed by atoms with Crippen LogP contribution in [-0.4, -0.2) is 44.3 Å². The van der Waals surface area contributed by atoms with Gasteiger partial charge in [-0.3, -0.25) is 14.4 Å². The largest absolute Gasteiger partial charge is 0.497 e. The Hall–Kier alpha value is -4.57. The Balaban J connectivity index is 1.52. The number of hydrogen-bond acceptors (Lipinski definition) is 7. The molecule has 0 spiro atoms. The van der Waals surface area contributed by atoms with E-state index in [1.54, 1.807) is 61.7 Å². The molecule has 3 rings (SSSR count). The third-order valence-electron chi connectivity index (χ3n) is 5.30. The van der Waals surface area contributed by atoms with E-state index in [2.05, 4.69) is 21.2 Å². The van der Waals surface area contributed by atoms with Gasteiger partial charge in [0.1, 0.15) is 5.75 Å². The van der Waals surface area contributed by atoms with E-state index in [-0.39, 0.29) is 19.1 Å². The van der Waals surface area contributed by atoms with Crippen LogP contribution in [0.5, 0.6) is 17.2 Å². The molecule has 3 amide bonds. The zero-order valence-electron chi connectivity index (χ0n) is 21.7. The van der Waals surface area contributed by atoms with Crippen molar-refractivity contribution in [1.82, 2.24) is 10.7 Å². The molecule has 0 bridgehead atoms. The van der Waals surface area contributed by atoms with Gasteiger partial charge in [0.05, 0.1) is 19.9 Å². The fourth-order valence-corrected chi connectivity index (χ4v) is 3.45. The van der Waals surface area contributed by atoms with Crippen molar-refractivity contribution in [1.29, 1.82) is 0 Å². The molecule has 0 radical (unpaired) electrons. The summed E-state index contributed by atoms with van der Waals surface area (Å²) in [6.07, 6.45) is 1.36. The monoisotopic (exact) mass is 552 g/mol. The molecule has 0 aliphatic heterocycles. The average Bonchev–Trinajstić information content (AvgIpc) is 2.93. The molecular weight excluding hydrogens is 524 g/mol. The summed E-state index contributed by atoms with van der Waals surface area (Å²) in [6, 6.07) is 17.2. The summed E-state index contributed by atoms with van der Waals surface area (Å²) in [7, 11) is 1.56. The predicted molar refractivity (Wildman–Crippen MR) is 149 cm³/mol. The van der Waals surface area contributed by atoms with Gasteiger partial charge in [-0.1, -0.05) is 29.8 Å². The van der Waals surface area contributed by atoms with Crippen LogP contribution in [0.3, 0.4) is 0 Å². The van der Waals surface area contributed by atoms with Crippen molar-refractivity contribution >= 4 is 41.2 Å². The van der Waals surface area contributed by atoms with Crippen LogP contribution in [0.4, 0.5) is 5.69 Å². The zero-order chi connectivity index (χ0) is 28.2. The fourth-order valence-electron chi connectivity index (χ4n) is 3.27. The van der Waals surface area contributed by atoms with Crippen LogP contribution in [0.15, 0.2) is 65.8 Å². The van der Waals surface area contributed by atoms with E-state index in [0.717, 1.165) is 11.1 Å². The number of aryl methyl sites for hydroxylation is 1. The molecule has 0 saturated carbocycles. The van der Waals surface area contributed by atoms with E-state index in [1.807, 2.05) is 19.9 Å². The van der Waals surface area contributed by atoms with E-state index < -0.39 is 11.8 Å². The van der Waals surface area contributed by atoms with Crippen molar-refractivity contribution < 1.29 is 28.6 Å². The van der Waals surface area contributed by atoms with Crippen molar-refractivity contribution in [3.05, 3.63) is 82.4 Å². The van der Waals surface area contributed by atoms with E-state index in [4.69, 9.17) is 25.8 Å². The first kappa shape index (κ1) is 29.0. The number of hydrogen-bond donors (Lipinski definition) is 3. The molecule has 0 atom stereocenters. The highest BCUT2D eigenvalue weighted by Crippen LogP contribution is 2.28. The topological polar surface area (TPSA) is 127 Å². The van der Waals surface area contributed by atoms with Gasteiger partial charge in [0.15, 0.2) is 18.1 Å². The molecule has 3 aromatic carbocycles. The molecule has 0 aliphatic rings. The molecule has 0 heterocycles. The lowest BCUT2D eigenvalue weighted by Gasteiger charge is -2.13. The summed E-state index contributed by atoms with van der Waals surface area (Å²) in [6.45, 7) is 3.95. The number of methoxy groups -OCH3 is 1. The fraction of sp³-hybridized carbons (Fsp3) is 0.214. The quantitative estimate of drug-likeness (QED) is 0.188. The minimum absolute atomic E-state index is 0.176. The number of rotatable bonds is 11. The summed E-state index contributed by atoms with van der Waals surface area (Å²) in [5.41, 5.74) is 5.04. The first-order chi connectivity index (χ1) is 18.8. The number of nitrogens with one attached hydrogen (secondary N) is 3. The summed E-state index contributed by atoms with van der Waals surface area (Å²) in [5.74, 6) is -0.663. The number of halogens is 1. The second-order valence-electron chi connectivity index (χ2n) is 8.17. The maximum atomic E-state index is 12.4. The number of nitrogens with zero attached hydrogens (tertiary/aromatic N) is 1. The Kier molecular flexibility index (Phi) is 10.7. The van der Waals surface area contributed by atoms with Gasteiger partial charge in [-0.2, -0.15) is 5.10 Å². The van der Waals surface area contributed by atoms with Gasteiger partial charge < -0.3 is 24.8 Å². The number of carbonyl (C=O) groups excluding carboxylic acids is 3. The van der Waals surface area contributed by atoms with Gasteiger partial charge in [-0.05, 0) is 73.0 Å². The van der Waals surface area contributed by atoms with Crippen LogP contribution in [-0.2, 0) is 20.9 Å². The Morgan fingerprint density at radius 3 is 2.44 bits per heavy atom. The van der Waals surface area contributed by atoms with Crippen molar-refractivity contribution in [2.45, 2.75) is 20.4 Å². The zero-order valence-corrected chi connectivity index (χ0v) is 22.5. The first-order valence-corrected chi connectivity index (χ1v) is 12.4. The normalized spacial score (nSPS) is 10.6. The van der Waals surface area contributed by atoms with Crippen molar-refractivity contribution in [2.24, 2.45) is 5.10 Å². The lowest BCUT2D eigenvalue weighted by Crippen LogP contribution is -2.37. The molecule has 10 nitrogen and oxygen atoms in total. The van der Waals surface area contributed by atoms with E-state index in [9.17, 15) is 14.4 Å². The van der Waals surface area contributed by atoms with Crippen molar-refractivity contribution in [3.63, 3.8) is 0 Å². The maximum absolute atomic E-state index is 12.4. The molecular formula is C28H29ClN4O6. The first-order valence-electron chi connectivity index (χ1n) is 12.0. The summed E-state index contributed by atoms with van der Waals surface area (Å²) >= 11 is 6.00. The number of carbonyl (C=O) groups is 3. The van der Waals surface area contributed by atoms with Crippen molar-refractivity contribution in [3.8, 4) is 17.2 Å². The standard InChI is InChI=1S/C28H29ClN4O6/c1-4-38-25-13-20(8-12-24(25)39-17-26(34)32-23-14-21(29)9-5-18(23)2)16-31-33-28(36)27(35)30-15-19-6-10-22(37-3)11-7-19/h5-14,16H,4,15,17H2,1-3H3,(H,30,35)(H,32,34)(H,33,36)/b31-16-. The number of amides is 3.